The van der Waals surface area contributed by atoms with Crippen LogP contribution in [0.1, 0.15) is 32.1 Å². The molecule has 22 heavy (non-hydrogen) atoms. The number of nitrogens with zero attached hydrogens (tertiary/aromatic N) is 3. The maximum absolute atomic E-state index is 11.9. The van der Waals surface area contributed by atoms with Gasteiger partial charge >= 0.3 is 6.03 Å². The number of likely N-dealkylation sites (tertiary alicyclic amines) is 2. The molecule has 3 heterocycles. The van der Waals surface area contributed by atoms with Gasteiger partial charge < -0.3 is 20.0 Å². The van der Waals surface area contributed by atoms with Gasteiger partial charge in [0.15, 0.2) is 0 Å². The summed E-state index contributed by atoms with van der Waals surface area (Å²) in [5.74, 6) is 1.02. The van der Waals surface area contributed by atoms with Gasteiger partial charge in [0.05, 0.1) is 0 Å². The molecule has 124 valence electrons. The average molecular weight is 308 g/mol. The second-order valence-electron chi connectivity index (χ2n) is 6.80. The van der Waals surface area contributed by atoms with Gasteiger partial charge in [-0.05, 0) is 44.7 Å². The highest BCUT2D eigenvalue weighted by molar-refractivity contribution is 5.77. The third-order valence-electron chi connectivity index (χ3n) is 5.24. The monoisotopic (exact) mass is 308 g/mol. The van der Waals surface area contributed by atoms with Crippen LogP contribution in [0.15, 0.2) is 0 Å². The summed E-state index contributed by atoms with van der Waals surface area (Å²) in [6, 6.07) is 0.0819. The molecular formula is C16H28N4O2. The molecule has 1 N–H and O–H groups in total. The van der Waals surface area contributed by atoms with Gasteiger partial charge in [-0.2, -0.15) is 0 Å². The van der Waals surface area contributed by atoms with E-state index in [2.05, 4.69) is 15.1 Å². The Labute approximate surface area is 132 Å². The molecule has 0 atom stereocenters. The standard InChI is InChI=1S/C16H28N4O2/c21-15-3-1-2-7-20(15)13-14-4-8-18(9-5-14)11-12-19-10-6-17-16(19)22/h14H,1-13H2,(H,17,22). The fraction of sp³-hybridized carbons (Fsp3) is 0.875. The van der Waals surface area contributed by atoms with Crippen LogP contribution in [0.25, 0.3) is 0 Å². The van der Waals surface area contributed by atoms with E-state index in [-0.39, 0.29) is 6.03 Å². The second-order valence-corrected chi connectivity index (χ2v) is 6.80. The minimum Gasteiger partial charge on any atom is -0.342 e. The van der Waals surface area contributed by atoms with Gasteiger partial charge in [-0.15, -0.1) is 0 Å². The molecule has 3 fully saturated rings. The van der Waals surface area contributed by atoms with Crippen LogP contribution in [0.2, 0.25) is 0 Å². The lowest BCUT2D eigenvalue weighted by Gasteiger charge is -2.36. The van der Waals surface area contributed by atoms with Gasteiger partial charge in [0.2, 0.25) is 5.91 Å². The average Bonchev–Trinajstić information content (AvgIpc) is 2.94. The fourth-order valence-corrected chi connectivity index (χ4v) is 3.75. The first-order chi connectivity index (χ1) is 10.7. The van der Waals surface area contributed by atoms with Crippen LogP contribution in [-0.2, 0) is 4.79 Å². The van der Waals surface area contributed by atoms with Crippen LogP contribution in [0.5, 0.6) is 0 Å². The maximum Gasteiger partial charge on any atom is 0.317 e. The van der Waals surface area contributed by atoms with Crippen molar-refractivity contribution in [3.63, 3.8) is 0 Å². The number of nitrogens with one attached hydrogen (secondary N) is 1. The zero-order valence-electron chi connectivity index (χ0n) is 13.4. The summed E-state index contributed by atoms with van der Waals surface area (Å²) in [4.78, 5) is 29.8. The maximum atomic E-state index is 11.9. The van der Waals surface area contributed by atoms with Gasteiger partial charge in [-0.25, -0.2) is 4.79 Å². The van der Waals surface area contributed by atoms with Crippen LogP contribution in [0.4, 0.5) is 4.79 Å². The van der Waals surface area contributed by atoms with Gasteiger partial charge in [0.1, 0.15) is 0 Å². The number of piperidine rings is 2. The van der Waals surface area contributed by atoms with E-state index in [1.165, 1.54) is 19.3 Å². The number of hydrogen-bond donors (Lipinski definition) is 1. The summed E-state index contributed by atoms with van der Waals surface area (Å²) in [6.45, 7) is 7.55. The van der Waals surface area contributed by atoms with Crippen molar-refractivity contribution >= 4 is 11.9 Å². The molecule has 0 aromatic heterocycles. The Hall–Kier alpha value is -1.30. The number of hydrogen-bond acceptors (Lipinski definition) is 3. The van der Waals surface area contributed by atoms with Crippen LogP contribution in [0, 0.1) is 5.92 Å². The van der Waals surface area contributed by atoms with Crippen molar-refractivity contribution in [3.8, 4) is 0 Å². The minimum atomic E-state index is 0.0819. The quantitative estimate of drug-likeness (QED) is 0.815. The molecule has 0 aromatic carbocycles. The first-order valence-electron chi connectivity index (χ1n) is 8.75. The second kappa shape index (κ2) is 7.31. The summed E-state index contributed by atoms with van der Waals surface area (Å²) < 4.78 is 0. The largest absolute Gasteiger partial charge is 0.342 e. The van der Waals surface area contributed by atoms with Crippen LogP contribution < -0.4 is 5.32 Å². The molecule has 6 nitrogen and oxygen atoms in total. The molecule has 3 amide bonds. The van der Waals surface area contributed by atoms with Crippen molar-refractivity contribution < 1.29 is 9.59 Å². The van der Waals surface area contributed by atoms with Gasteiger partial charge in [-0.3, -0.25) is 4.79 Å². The number of urea groups is 1. The van der Waals surface area contributed by atoms with Crippen molar-refractivity contribution in [3.05, 3.63) is 0 Å². The van der Waals surface area contributed by atoms with Crippen LogP contribution >= 0.6 is 0 Å². The third-order valence-corrected chi connectivity index (χ3v) is 5.24. The highest BCUT2D eigenvalue weighted by Crippen LogP contribution is 2.21. The van der Waals surface area contributed by atoms with E-state index in [4.69, 9.17) is 0 Å². The number of carbonyl (C=O) groups excluding carboxylic acids is 2. The van der Waals surface area contributed by atoms with E-state index in [9.17, 15) is 9.59 Å². The lowest BCUT2D eigenvalue weighted by molar-refractivity contribution is -0.134. The van der Waals surface area contributed by atoms with Gasteiger partial charge in [0.25, 0.3) is 0 Å². The number of carbonyl (C=O) groups is 2. The highest BCUT2D eigenvalue weighted by Gasteiger charge is 2.26. The Morgan fingerprint density at radius 3 is 2.45 bits per heavy atom. The molecule has 3 aliphatic rings. The Morgan fingerprint density at radius 2 is 1.77 bits per heavy atom. The topological polar surface area (TPSA) is 55.9 Å². The number of rotatable bonds is 5. The van der Waals surface area contributed by atoms with Crippen LogP contribution in [-0.4, -0.2) is 79.0 Å². The zero-order valence-corrected chi connectivity index (χ0v) is 13.4. The highest BCUT2D eigenvalue weighted by atomic mass is 16.2. The molecule has 3 saturated heterocycles. The molecule has 0 spiro atoms. The fourth-order valence-electron chi connectivity index (χ4n) is 3.75. The zero-order chi connectivity index (χ0) is 15.4. The smallest absolute Gasteiger partial charge is 0.317 e. The van der Waals surface area contributed by atoms with E-state index in [0.29, 0.717) is 11.8 Å². The first-order valence-corrected chi connectivity index (χ1v) is 8.75. The minimum absolute atomic E-state index is 0.0819. The summed E-state index contributed by atoms with van der Waals surface area (Å²) >= 11 is 0. The third kappa shape index (κ3) is 3.91. The Bertz CT molecular complexity index is 407. The lowest BCUT2D eigenvalue weighted by atomic mass is 9.95. The predicted molar refractivity (Wildman–Crippen MR) is 84.6 cm³/mol. The Morgan fingerprint density at radius 1 is 0.955 bits per heavy atom. The van der Waals surface area contributed by atoms with E-state index in [0.717, 1.165) is 65.2 Å². The van der Waals surface area contributed by atoms with Crippen molar-refractivity contribution in [2.24, 2.45) is 5.92 Å². The van der Waals surface area contributed by atoms with Crippen molar-refractivity contribution in [1.29, 1.82) is 0 Å². The molecule has 3 rings (SSSR count). The van der Waals surface area contributed by atoms with Crippen molar-refractivity contribution in [2.45, 2.75) is 32.1 Å². The summed E-state index contributed by atoms with van der Waals surface area (Å²) in [5, 5.41) is 2.85. The molecule has 0 saturated carbocycles. The van der Waals surface area contributed by atoms with E-state index >= 15 is 0 Å². The van der Waals surface area contributed by atoms with Crippen LogP contribution in [0.3, 0.4) is 0 Å². The SMILES string of the molecule is O=C1CCCCN1CC1CCN(CCN2CCNC2=O)CC1. The lowest BCUT2D eigenvalue weighted by Crippen LogP contribution is -2.44. The van der Waals surface area contributed by atoms with Crippen molar-refractivity contribution in [1.82, 2.24) is 20.0 Å². The Kier molecular flexibility index (Phi) is 5.18. The molecule has 6 heteroatoms. The summed E-state index contributed by atoms with van der Waals surface area (Å²) in [7, 11) is 0. The molecule has 3 aliphatic heterocycles. The molecule has 0 aliphatic carbocycles. The van der Waals surface area contributed by atoms with E-state index in [1.54, 1.807) is 0 Å². The molecule has 0 radical (unpaired) electrons. The van der Waals surface area contributed by atoms with E-state index < -0.39 is 0 Å². The van der Waals surface area contributed by atoms with E-state index in [1.807, 2.05) is 4.90 Å². The van der Waals surface area contributed by atoms with Crippen molar-refractivity contribution in [2.75, 3.05) is 52.4 Å². The number of amides is 3. The molecule has 0 aromatic rings. The summed E-state index contributed by atoms with van der Waals surface area (Å²) in [5.41, 5.74) is 0. The normalized spacial score (nSPS) is 24.9. The first kappa shape index (κ1) is 15.6. The van der Waals surface area contributed by atoms with Gasteiger partial charge in [0, 0.05) is 45.7 Å². The predicted octanol–water partition coefficient (Wildman–Crippen LogP) is 0.736. The summed E-state index contributed by atoms with van der Waals surface area (Å²) in [6.07, 6.45) is 5.34. The molecule has 0 unspecified atom stereocenters. The Balaban J connectivity index is 1.35. The molecule has 0 bridgehead atoms. The molecular weight excluding hydrogens is 280 g/mol. The van der Waals surface area contributed by atoms with Gasteiger partial charge in [-0.1, -0.05) is 0 Å².